The molecule has 88 valence electrons. The molecule has 2 aromatic carbocycles. The lowest BCUT2D eigenvalue weighted by molar-refractivity contribution is 1.51. The Hall–Kier alpha value is -1.12. The summed E-state index contributed by atoms with van der Waals surface area (Å²) in [5, 5.41) is 9.29. The molecular formula is C15H9BrIN. The van der Waals surface area contributed by atoms with Gasteiger partial charge in [-0.1, -0.05) is 46.3 Å². The number of benzene rings is 2. The van der Waals surface area contributed by atoms with Crippen molar-refractivity contribution in [2.45, 2.75) is 0 Å². The third-order valence-electron chi connectivity index (χ3n) is 2.46. The zero-order valence-electron chi connectivity index (χ0n) is 9.40. The van der Waals surface area contributed by atoms with E-state index >= 15 is 0 Å². The summed E-state index contributed by atoms with van der Waals surface area (Å²) >= 11 is 5.69. The van der Waals surface area contributed by atoms with E-state index in [0.717, 1.165) is 19.2 Å². The fourth-order valence-corrected chi connectivity index (χ4v) is 2.53. The average Bonchev–Trinajstić information content (AvgIpc) is 2.38. The highest BCUT2D eigenvalue weighted by Gasteiger charge is 2.03. The van der Waals surface area contributed by atoms with Gasteiger partial charge in [-0.15, -0.1) is 0 Å². The van der Waals surface area contributed by atoms with Crippen LogP contribution >= 0.6 is 38.5 Å². The van der Waals surface area contributed by atoms with Gasteiger partial charge in [-0.3, -0.25) is 0 Å². The summed E-state index contributed by atoms with van der Waals surface area (Å²) in [6, 6.07) is 18.0. The number of nitriles is 1. The Labute approximate surface area is 128 Å². The van der Waals surface area contributed by atoms with Gasteiger partial charge >= 0.3 is 0 Å². The third-order valence-corrected chi connectivity index (χ3v) is 3.94. The number of nitrogens with zero attached hydrogens (tertiary/aromatic N) is 1. The molecular weight excluding hydrogens is 401 g/mol. The maximum atomic E-state index is 9.29. The van der Waals surface area contributed by atoms with Crippen LogP contribution in [0, 0.1) is 14.9 Å². The Morgan fingerprint density at radius 1 is 1.17 bits per heavy atom. The molecule has 0 radical (unpaired) electrons. The van der Waals surface area contributed by atoms with Crippen molar-refractivity contribution in [3.8, 4) is 6.07 Å². The molecule has 0 unspecified atom stereocenters. The maximum absolute atomic E-state index is 9.29. The summed E-state index contributed by atoms with van der Waals surface area (Å²) in [6.07, 6.45) is 1.92. The molecule has 0 aliphatic rings. The molecule has 0 spiro atoms. The first-order valence-electron chi connectivity index (χ1n) is 5.33. The van der Waals surface area contributed by atoms with E-state index in [1.165, 1.54) is 0 Å². The van der Waals surface area contributed by atoms with E-state index in [2.05, 4.69) is 44.6 Å². The lowest BCUT2D eigenvalue weighted by Crippen LogP contribution is -1.84. The Kier molecular flexibility index (Phi) is 4.56. The van der Waals surface area contributed by atoms with Crippen molar-refractivity contribution in [3.05, 3.63) is 67.7 Å². The van der Waals surface area contributed by atoms with Crippen LogP contribution in [0.2, 0.25) is 0 Å². The molecule has 0 aliphatic carbocycles. The third kappa shape index (κ3) is 3.21. The Morgan fingerprint density at radius 2 is 1.94 bits per heavy atom. The first-order valence-corrected chi connectivity index (χ1v) is 7.20. The first-order chi connectivity index (χ1) is 8.70. The van der Waals surface area contributed by atoms with Crippen molar-refractivity contribution < 1.29 is 0 Å². The van der Waals surface area contributed by atoms with Crippen LogP contribution in [0.5, 0.6) is 0 Å². The highest BCUT2D eigenvalue weighted by molar-refractivity contribution is 14.1. The van der Waals surface area contributed by atoms with E-state index in [4.69, 9.17) is 0 Å². The Bertz CT molecular complexity index is 641. The van der Waals surface area contributed by atoms with Crippen LogP contribution < -0.4 is 0 Å². The van der Waals surface area contributed by atoms with Crippen LogP contribution in [0.25, 0.3) is 11.6 Å². The van der Waals surface area contributed by atoms with Crippen LogP contribution in [-0.4, -0.2) is 0 Å². The minimum atomic E-state index is 0.667. The summed E-state index contributed by atoms with van der Waals surface area (Å²) in [6.45, 7) is 0. The molecule has 0 amide bonds. The van der Waals surface area contributed by atoms with Crippen molar-refractivity contribution in [3.63, 3.8) is 0 Å². The van der Waals surface area contributed by atoms with Crippen LogP contribution in [0.1, 0.15) is 11.1 Å². The van der Waals surface area contributed by atoms with Crippen LogP contribution in [-0.2, 0) is 0 Å². The van der Waals surface area contributed by atoms with Gasteiger partial charge in [-0.05, 0) is 58.0 Å². The largest absolute Gasteiger partial charge is 0.192 e. The molecule has 18 heavy (non-hydrogen) atoms. The maximum Gasteiger partial charge on any atom is 0.0998 e. The molecule has 0 saturated carbocycles. The topological polar surface area (TPSA) is 23.8 Å². The highest BCUT2D eigenvalue weighted by atomic mass is 127. The van der Waals surface area contributed by atoms with E-state index in [1.54, 1.807) is 0 Å². The molecule has 0 heterocycles. The lowest BCUT2D eigenvalue weighted by Gasteiger charge is -2.02. The highest BCUT2D eigenvalue weighted by Crippen LogP contribution is 2.23. The fraction of sp³-hybridized carbons (Fsp3) is 0. The van der Waals surface area contributed by atoms with Crippen LogP contribution in [0.15, 0.2) is 53.0 Å². The second-order valence-corrected chi connectivity index (χ2v) is 5.78. The monoisotopic (exact) mass is 409 g/mol. The summed E-state index contributed by atoms with van der Waals surface area (Å²) < 4.78 is 2.11. The van der Waals surface area contributed by atoms with Gasteiger partial charge in [-0.25, -0.2) is 0 Å². The van der Waals surface area contributed by atoms with Crippen molar-refractivity contribution in [2.75, 3.05) is 0 Å². The summed E-state index contributed by atoms with van der Waals surface area (Å²) in [7, 11) is 0. The van der Waals surface area contributed by atoms with E-state index in [-0.39, 0.29) is 0 Å². The molecule has 3 heteroatoms. The normalized spacial score (nSPS) is 11.1. The van der Waals surface area contributed by atoms with Gasteiger partial charge in [0.05, 0.1) is 11.6 Å². The molecule has 0 atom stereocenters. The molecule has 0 bridgehead atoms. The molecule has 2 rings (SSSR count). The predicted octanol–water partition coefficient (Wildman–Crippen LogP) is 5.12. The molecule has 0 fully saturated rings. The summed E-state index contributed by atoms with van der Waals surface area (Å²) in [5.74, 6) is 0. The standard InChI is InChI=1S/C15H9BrIN/c16-14-6-3-5-11(9-14)13(10-18)8-12-4-1-2-7-15(12)17/h1-9H/b13-8-. The van der Waals surface area contributed by atoms with Crippen molar-refractivity contribution in [1.82, 2.24) is 0 Å². The van der Waals surface area contributed by atoms with E-state index in [9.17, 15) is 5.26 Å². The van der Waals surface area contributed by atoms with Gasteiger partial charge in [-0.2, -0.15) is 5.26 Å². The van der Waals surface area contributed by atoms with Gasteiger partial charge in [0.1, 0.15) is 0 Å². The van der Waals surface area contributed by atoms with Crippen molar-refractivity contribution >= 4 is 50.2 Å². The number of allylic oxidation sites excluding steroid dienone is 1. The van der Waals surface area contributed by atoms with E-state index in [0.29, 0.717) is 5.57 Å². The van der Waals surface area contributed by atoms with Gasteiger partial charge < -0.3 is 0 Å². The van der Waals surface area contributed by atoms with Crippen molar-refractivity contribution in [1.29, 1.82) is 5.26 Å². The minimum Gasteiger partial charge on any atom is -0.192 e. The first kappa shape index (κ1) is 13.3. The quantitative estimate of drug-likeness (QED) is 0.383. The predicted molar refractivity (Wildman–Crippen MR) is 86.8 cm³/mol. The molecule has 0 aromatic heterocycles. The van der Waals surface area contributed by atoms with Crippen LogP contribution in [0.3, 0.4) is 0 Å². The minimum absolute atomic E-state index is 0.667. The SMILES string of the molecule is N#C/C(=C/c1ccccc1I)c1cccc(Br)c1. The Morgan fingerprint density at radius 3 is 2.61 bits per heavy atom. The summed E-state index contributed by atoms with van der Waals surface area (Å²) in [4.78, 5) is 0. The van der Waals surface area contributed by atoms with Gasteiger partial charge in [0.15, 0.2) is 0 Å². The second kappa shape index (κ2) is 6.17. The van der Waals surface area contributed by atoms with Gasteiger partial charge in [0, 0.05) is 8.04 Å². The van der Waals surface area contributed by atoms with Gasteiger partial charge in [0.2, 0.25) is 0 Å². The number of hydrogen-bond donors (Lipinski definition) is 0. The van der Waals surface area contributed by atoms with Crippen LogP contribution in [0.4, 0.5) is 0 Å². The molecule has 0 aliphatic heterocycles. The average molecular weight is 410 g/mol. The summed E-state index contributed by atoms with van der Waals surface area (Å²) in [5.41, 5.74) is 2.65. The van der Waals surface area contributed by atoms with Gasteiger partial charge in [0.25, 0.3) is 0 Å². The van der Waals surface area contributed by atoms with E-state index < -0.39 is 0 Å². The zero-order valence-corrected chi connectivity index (χ0v) is 13.1. The molecule has 0 N–H and O–H groups in total. The molecule has 1 nitrogen and oxygen atoms in total. The molecule has 2 aromatic rings. The second-order valence-electron chi connectivity index (χ2n) is 3.70. The number of hydrogen-bond acceptors (Lipinski definition) is 1. The zero-order chi connectivity index (χ0) is 13.0. The number of rotatable bonds is 2. The van der Waals surface area contributed by atoms with Crippen molar-refractivity contribution in [2.24, 2.45) is 0 Å². The van der Waals surface area contributed by atoms with E-state index in [1.807, 2.05) is 54.6 Å². The molecule has 0 saturated heterocycles. The fourth-order valence-electron chi connectivity index (χ4n) is 1.58. The lowest BCUT2D eigenvalue weighted by atomic mass is 10.0. The Balaban J connectivity index is 2.47. The smallest absolute Gasteiger partial charge is 0.0998 e. The number of halogens is 2.